The second-order valence-corrected chi connectivity index (χ2v) is 4.59. The molecule has 0 bridgehead atoms. The molecule has 1 unspecified atom stereocenters. The summed E-state index contributed by atoms with van der Waals surface area (Å²) in [6.45, 7) is 3.61. The van der Waals surface area contributed by atoms with Gasteiger partial charge in [-0.05, 0) is 25.8 Å². The van der Waals surface area contributed by atoms with Crippen LogP contribution in [0.25, 0.3) is 0 Å². The second-order valence-electron chi connectivity index (χ2n) is 4.59. The number of hydrogen-bond acceptors (Lipinski definition) is 4. The monoisotopic (exact) mass is 274 g/mol. The number of hydrogen-bond donors (Lipinski definition) is 2. The number of halogens is 1. The lowest BCUT2D eigenvalue weighted by Crippen LogP contribution is -2.40. The number of ether oxygens (including phenoxy) is 1. The van der Waals surface area contributed by atoms with Gasteiger partial charge in [0, 0.05) is 13.2 Å². The van der Waals surface area contributed by atoms with Gasteiger partial charge in [0.25, 0.3) is 5.91 Å². The van der Waals surface area contributed by atoms with Crippen molar-refractivity contribution in [2.24, 2.45) is 5.73 Å². The summed E-state index contributed by atoms with van der Waals surface area (Å²) in [6.07, 6.45) is 3.46. The minimum atomic E-state index is -0.226. The smallest absolute Gasteiger partial charge is 0.254 e. The van der Waals surface area contributed by atoms with Gasteiger partial charge in [-0.1, -0.05) is 0 Å². The van der Waals surface area contributed by atoms with Gasteiger partial charge in [0.2, 0.25) is 0 Å². The van der Waals surface area contributed by atoms with Crippen LogP contribution in [0.1, 0.15) is 35.9 Å². The molecule has 1 amide bonds. The summed E-state index contributed by atoms with van der Waals surface area (Å²) in [5, 5.41) is 2.85. The van der Waals surface area contributed by atoms with Gasteiger partial charge >= 0.3 is 0 Å². The van der Waals surface area contributed by atoms with Crippen molar-refractivity contribution in [3.05, 3.63) is 23.7 Å². The van der Waals surface area contributed by atoms with Crippen molar-refractivity contribution in [3.63, 3.8) is 0 Å². The first-order chi connectivity index (χ1) is 8.13. The van der Waals surface area contributed by atoms with Gasteiger partial charge < -0.3 is 20.2 Å². The molecule has 2 heterocycles. The molecule has 5 nitrogen and oxygen atoms in total. The Morgan fingerprint density at radius 2 is 2.39 bits per heavy atom. The van der Waals surface area contributed by atoms with Crippen molar-refractivity contribution >= 4 is 18.3 Å². The minimum Gasteiger partial charge on any atom is -0.467 e. The average molecular weight is 275 g/mol. The van der Waals surface area contributed by atoms with E-state index in [2.05, 4.69) is 5.32 Å². The van der Waals surface area contributed by atoms with Crippen LogP contribution in [0.4, 0.5) is 0 Å². The van der Waals surface area contributed by atoms with Crippen LogP contribution in [0.15, 0.2) is 16.7 Å². The number of nitrogens with one attached hydrogen (secondary N) is 1. The zero-order valence-corrected chi connectivity index (χ0v) is 11.2. The van der Waals surface area contributed by atoms with Crippen LogP contribution in [0.2, 0.25) is 0 Å². The fourth-order valence-electron chi connectivity index (χ4n) is 1.95. The molecule has 0 aliphatic carbocycles. The average Bonchev–Trinajstić information content (AvgIpc) is 2.95. The van der Waals surface area contributed by atoms with Gasteiger partial charge in [0.05, 0.1) is 17.7 Å². The lowest BCUT2D eigenvalue weighted by atomic mass is 10.0. The number of carbonyl (C=O) groups is 1. The van der Waals surface area contributed by atoms with E-state index in [1.54, 1.807) is 6.07 Å². The van der Waals surface area contributed by atoms with E-state index in [-0.39, 0.29) is 23.9 Å². The van der Waals surface area contributed by atoms with E-state index >= 15 is 0 Å². The third kappa shape index (κ3) is 3.48. The molecule has 0 aromatic carbocycles. The largest absolute Gasteiger partial charge is 0.467 e. The lowest BCUT2D eigenvalue weighted by molar-refractivity contribution is 0.0206. The molecule has 1 aliphatic rings. The third-order valence-electron chi connectivity index (χ3n) is 3.04. The van der Waals surface area contributed by atoms with Gasteiger partial charge in [0.15, 0.2) is 0 Å². The molecule has 0 spiro atoms. The van der Waals surface area contributed by atoms with Crippen LogP contribution in [0, 0.1) is 0 Å². The Hall–Kier alpha value is -1.04. The number of rotatable bonds is 4. The Kier molecular flexibility index (Phi) is 5.19. The van der Waals surface area contributed by atoms with Crippen molar-refractivity contribution in [2.45, 2.75) is 31.9 Å². The summed E-state index contributed by atoms with van der Waals surface area (Å²) in [5.41, 5.74) is 5.69. The molecule has 0 radical (unpaired) electrons. The van der Waals surface area contributed by atoms with E-state index in [1.165, 1.54) is 6.26 Å². The zero-order valence-electron chi connectivity index (χ0n) is 10.4. The van der Waals surface area contributed by atoms with E-state index in [4.69, 9.17) is 14.9 Å². The maximum absolute atomic E-state index is 11.8. The Morgan fingerprint density at radius 3 is 2.94 bits per heavy atom. The molecular formula is C12H19ClN2O3. The van der Waals surface area contributed by atoms with Gasteiger partial charge in [0.1, 0.15) is 12.0 Å². The third-order valence-corrected chi connectivity index (χ3v) is 3.04. The molecule has 1 aliphatic heterocycles. The van der Waals surface area contributed by atoms with Gasteiger partial charge in [-0.3, -0.25) is 4.79 Å². The van der Waals surface area contributed by atoms with Crippen LogP contribution in [0.5, 0.6) is 0 Å². The zero-order chi connectivity index (χ0) is 12.3. The van der Waals surface area contributed by atoms with Crippen LogP contribution in [0.3, 0.4) is 0 Å². The Morgan fingerprint density at radius 1 is 1.61 bits per heavy atom. The number of carbonyl (C=O) groups excluding carboxylic acids is 1. The molecule has 2 rings (SSSR count). The van der Waals surface area contributed by atoms with E-state index < -0.39 is 0 Å². The molecule has 3 N–H and O–H groups in total. The standard InChI is InChI=1S/C12H18N2O3.ClH/c1-12(3-2-4-17-12)8-14-11(15)9-5-10(6-13)16-7-9;/h5,7H,2-4,6,8,13H2,1H3,(H,14,15);1H. The summed E-state index contributed by atoms with van der Waals surface area (Å²) in [4.78, 5) is 11.8. The summed E-state index contributed by atoms with van der Waals surface area (Å²) in [5.74, 6) is 0.462. The van der Waals surface area contributed by atoms with Gasteiger partial charge in [-0.25, -0.2) is 0 Å². The molecule has 1 aromatic heterocycles. The van der Waals surface area contributed by atoms with Crippen LogP contribution in [-0.2, 0) is 11.3 Å². The molecule has 1 saturated heterocycles. The lowest BCUT2D eigenvalue weighted by Gasteiger charge is -2.23. The maximum atomic E-state index is 11.8. The van der Waals surface area contributed by atoms with Gasteiger partial charge in [-0.15, -0.1) is 12.4 Å². The highest BCUT2D eigenvalue weighted by molar-refractivity contribution is 5.94. The SMILES string of the molecule is CC1(CNC(=O)c2coc(CN)c2)CCCO1.Cl. The van der Waals surface area contributed by atoms with E-state index in [0.717, 1.165) is 19.4 Å². The predicted molar refractivity (Wildman–Crippen MR) is 69.8 cm³/mol. The van der Waals surface area contributed by atoms with Crippen molar-refractivity contribution in [3.8, 4) is 0 Å². The molecule has 0 saturated carbocycles. The molecule has 1 fully saturated rings. The van der Waals surface area contributed by atoms with Crippen LogP contribution < -0.4 is 11.1 Å². The first-order valence-corrected chi connectivity index (χ1v) is 5.83. The molecule has 1 atom stereocenters. The topological polar surface area (TPSA) is 77.5 Å². The van der Waals surface area contributed by atoms with Crippen molar-refractivity contribution in [2.75, 3.05) is 13.2 Å². The van der Waals surface area contributed by atoms with Crippen LogP contribution >= 0.6 is 12.4 Å². The Bertz CT molecular complexity index is 400. The van der Waals surface area contributed by atoms with E-state index in [0.29, 0.717) is 24.4 Å². The quantitative estimate of drug-likeness (QED) is 0.871. The molecule has 1 aromatic rings. The molecular weight excluding hydrogens is 256 g/mol. The highest BCUT2D eigenvalue weighted by atomic mass is 35.5. The van der Waals surface area contributed by atoms with E-state index in [1.807, 2.05) is 6.92 Å². The minimum absolute atomic E-state index is 0. The Labute approximate surface area is 112 Å². The number of amides is 1. The Balaban J connectivity index is 0.00000162. The fraction of sp³-hybridized carbons (Fsp3) is 0.583. The fourth-order valence-corrected chi connectivity index (χ4v) is 1.95. The highest BCUT2D eigenvalue weighted by Crippen LogP contribution is 2.24. The maximum Gasteiger partial charge on any atom is 0.254 e. The normalized spacial score (nSPS) is 22.6. The van der Waals surface area contributed by atoms with Gasteiger partial charge in [-0.2, -0.15) is 0 Å². The second kappa shape index (κ2) is 6.22. The molecule has 102 valence electrons. The van der Waals surface area contributed by atoms with Crippen molar-refractivity contribution < 1.29 is 13.9 Å². The summed E-state index contributed by atoms with van der Waals surface area (Å²) in [7, 11) is 0. The first-order valence-electron chi connectivity index (χ1n) is 5.83. The first kappa shape index (κ1) is 15.0. The van der Waals surface area contributed by atoms with Crippen molar-refractivity contribution in [1.29, 1.82) is 0 Å². The summed E-state index contributed by atoms with van der Waals surface area (Å²) < 4.78 is 10.7. The molecule has 6 heteroatoms. The highest BCUT2D eigenvalue weighted by Gasteiger charge is 2.30. The summed E-state index contributed by atoms with van der Waals surface area (Å²) in [6, 6.07) is 1.66. The summed E-state index contributed by atoms with van der Waals surface area (Å²) >= 11 is 0. The number of furan rings is 1. The molecule has 18 heavy (non-hydrogen) atoms. The van der Waals surface area contributed by atoms with Crippen LogP contribution in [-0.4, -0.2) is 24.7 Å². The van der Waals surface area contributed by atoms with Crippen molar-refractivity contribution in [1.82, 2.24) is 5.32 Å². The predicted octanol–water partition coefficient (Wildman–Crippen LogP) is 1.46. The van der Waals surface area contributed by atoms with E-state index in [9.17, 15) is 4.79 Å². The number of nitrogens with two attached hydrogens (primary N) is 1.